The number of nitrogens with two attached hydrogens (primary N) is 1. The SMILES string of the molecule is Cn1cc(-c2ccc(-c3cnc(N)c(F)c3N3CCC4(CC3)CNC(=O)O4)cc2)cn1. The summed E-state index contributed by atoms with van der Waals surface area (Å²) >= 11 is 0. The van der Waals surface area contributed by atoms with Crippen molar-refractivity contribution < 1.29 is 13.9 Å². The van der Waals surface area contributed by atoms with Crippen molar-refractivity contribution in [3.63, 3.8) is 0 Å². The molecule has 1 amide bonds. The minimum absolute atomic E-state index is 0.125. The molecule has 31 heavy (non-hydrogen) atoms. The number of pyridine rings is 1. The van der Waals surface area contributed by atoms with Crippen LogP contribution in [-0.2, 0) is 11.8 Å². The smallest absolute Gasteiger partial charge is 0.407 e. The van der Waals surface area contributed by atoms with Crippen LogP contribution in [0.15, 0.2) is 42.9 Å². The molecule has 0 radical (unpaired) electrons. The molecule has 0 bridgehead atoms. The summed E-state index contributed by atoms with van der Waals surface area (Å²) in [6.45, 7) is 1.59. The van der Waals surface area contributed by atoms with Gasteiger partial charge in [-0.2, -0.15) is 5.10 Å². The Balaban J connectivity index is 1.45. The van der Waals surface area contributed by atoms with Gasteiger partial charge in [0.25, 0.3) is 0 Å². The average molecular weight is 422 g/mol. The van der Waals surface area contributed by atoms with Gasteiger partial charge in [0.2, 0.25) is 0 Å². The molecule has 2 aromatic heterocycles. The third-order valence-corrected chi connectivity index (χ3v) is 6.11. The van der Waals surface area contributed by atoms with Gasteiger partial charge in [-0.25, -0.2) is 14.2 Å². The molecule has 3 N–H and O–H groups in total. The van der Waals surface area contributed by atoms with Crippen LogP contribution in [0.5, 0.6) is 0 Å². The molecule has 5 rings (SSSR count). The van der Waals surface area contributed by atoms with E-state index in [0.717, 1.165) is 16.7 Å². The molecule has 2 aliphatic heterocycles. The summed E-state index contributed by atoms with van der Waals surface area (Å²) in [6.07, 6.45) is 6.22. The van der Waals surface area contributed by atoms with Crippen LogP contribution >= 0.6 is 0 Å². The normalized spacial score (nSPS) is 17.6. The van der Waals surface area contributed by atoms with Crippen molar-refractivity contribution >= 4 is 17.6 Å². The van der Waals surface area contributed by atoms with E-state index in [1.165, 1.54) is 0 Å². The summed E-state index contributed by atoms with van der Waals surface area (Å²) in [5.74, 6) is -0.647. The first kappa shape index (κ1) is 19.3. The van der Waals surface area contributed by atoms with Gasteiger partial charge < -0.3 is 20.7 Å². The summed E-state index contributed by atoms with van der Waals surface area (Å²) in [5, 5.41) is 6.93. The second-order valence-electron chi connectivity index (χ2n) is 8.11. The molecule has 0 unspecified atom stereocenters. The lowest BCUT2D eigenvalue weighted by Crippen LogP contribution is -2.47. The van der Waals surface area contributed by atoms with Gasteiger partial charge in [-0.15, -0.1) is 0 Å². The fourth-order valence-corrected chi connectivity index (χ4v) is 4.34. The maximum absolute atomic E-state index is 15.2. The fourth-order valence-electron chi connectivity index (χ4n) is 4.34. The molecule has 2 aliphatic rings. The van der Waals surface area contributed by atoms with Gasteiger partial charge in [0.15, 0.2) is 11.6 Å². The third kappa shape index (κ3) is 3.45. The van der Waals surface area contributed by atoms with Crippen molar-refractivity contribution in [1.29, 1.82) is 0 Å². The summed E-state index contributed by atoms with van der Waals surface area (Å²) < 4.78 is 22.4. The van der Waals surface area contributed by atoms with Crippen LogP contribution in [0.25, 0.3) is 22.3 Å². The van der Waals surface area contributed by atoms with Gasteiger partial charge in [0.05, 0.1) is 18.4 Å². The molecule has 2 fully saturated rings. The predicted octanol–water partition coefficient (Wildman–Crippen LogP) is 2.95. The number of alkyl carbamates (subject to hydrolysis) is 1. The van der Waals surface area contributed by atoms with E-state index in [0.29, 0.717) is 43.7 Å². The van der Waals surface area contributed by atoms with E-state index in [1.807, 2.05) is 42.4 Å². The zero-order valence-electron chi connectivity index (χ0n) is 17.1. The number of ether oxygens (including phenoxy) is 1. The quantitative estimate of drug-likeness (QED) is 0.674. The van der Waals surface area contributed by atoms with Gasteiger partial charge in [0, 0.05) is 56.5 Å². The van der Waals surface area contributed by atoms with Crippen molar-refractivity contribution in [3.05, 3.63) is 48.7 Å². The Labute approximate surface area is 178 Å². The number of benzene rings is 1. The summed E-state index contributed by atoms with van der Waals surface area (Å²) in [4.78, 5) is 17.5. The first-order chi connectivity index (χ1) is 14.9. The monoisotopic (exact) mass is 422 g/mol. The first-order valence-electron chi connectivity index (χ1n) is 10.2. The number of carbonyl (C=O) groups excluding carboxylic acids is 1. The topological polar surface area (TPSA) is 98.3 Å². The number of nitrogens with zero attached hydrogens (tertiary/aromatic N) is 4. The molecular weight excluding hydrogens is 399 g/mol. The maximum Gasteiger partial charge on any atom is 0.407 e. The largest absolute Gasteiger partial charge is 0.441 e. The number of aromatic nitrogens is 3. The van der Waals surface area contributed by atoms with Crippen LogP contribution < -0.4 is 16.0 Å². The second kappa shape index (κ2) is 7.26. The predicted molar refractivity (Wildman–Crippen MR) is 115 cm³/mol. The molecule has 0 saturated carbocycles. The van der Waals surface area contributed by atoms with Crippen LogP contribution in [0.1, 0.15) is 12.8 Å². The van der Waals surface area contributed by atoms with Gasteiger partial charge in [-0.05, 0) is 11.1 Å². The Bertz CT molecular complexity index is 1140. The number of anilines is 2. The molecule has 2 saturated heterocycles. The molecule has 0 atom stereocenters. The van der Waals surface area contributed by atoms with Gasteiger partial charge in [0.1, 0.15) is 5.60 Å². The molecule has 0 aliphatic carbocycles. The van der Waals surface area contributed by atoms with Crippen molar-refractivity contribution in [2.24, 2.45) is 7.05 Å². The molecular formula is C22H23FN6O2. The molecule has 1 aromatic carbocycles. The van der Waals surface area contributed by atoms with Crippen molar-refractivity contribution in [2.75, 3.05) is 30.3 Å². The summed E-state index contributed by atoms with van der Waals surface area (Å²) in [5.41, 5.74) is 9.31. The van der Waals surface area contributed by atoms with Gasteiger partial charge in [-0.1, -0.05) is 24.3 Å². The van der Waals surface area contributed by atoms with Crippen LogP contribution in [-0.4, -0.2) is 46.1 Å². The lowest BCUT2D eigenvalue weighted by Gasteiger charge is -2.39. The molecule has 3 aromatic rings. The van der Waals surface area contributed by atoms with E-state index in [2.05, 4.69) is 15.4 Å². The highest BCUT2D eigenvalue weighted by Crippen LogP contribution is 2.39. The number of nitrogen functional groups attached to an aromatic ring is 1. The number of hydrogen-bond donors (Lipinski definition) is 2. The number of halogens is 1. The lowest BCUT2D eigenvalue weighted by atomic mass is 9.90. The Morgan fingerprint density at radius 2 is 1.84 bits per heavy atom. The van der Waals surface area contributed by atoms with Crippen LogP contribution in [0.4, 0.5) is 20.7 Å². The van der Waals surface area contributed by atoms with Gasteiger partial charge in [-0.3, -0.25) is 4.68 Å². The molecule has 1 spiro atoms. The number of rotatable bonds is 3. The Morgan fingerprint density at radius 3 is 2.45 bits per heavy atom. The standard InChI is InChI=1S/C22H23FN6O2/c1-28-12-16(10-27-28)14-2-4-15(5-3-14)17-11-25-20(24)18(23)19(17)29-8-6-22(7-9-29)13-26-21(30)31-22/h2-5,10-12H,6-9,13H2,1H3,(H2,24,25)(H,26,30). The zero-order chi connectivity index (χ0) is 21.6. The number of amides is 1. The van der Waals surface area contributed by atoms with E-state index in [9.17, 15) is 4.79 Å². The summed E-state index contributed by atoms with van der Waals surface area (Å²) in [7, 11) is 1.87. The number of piperidine rings is 1. The highest BCUT2D eigenvalue weighted by Gasteiger charge is 2.43. The van der Waals surface area contributed by atoms with Crippen molar-refractivity contribution in [2.45, 2.75) is 18.4 Å². The van der Waals surface area contributed by atoms with Crippen LogP contribution in [0.2, 0.25) is 0 Å². The zero-order valence-corrected chi connectivity index (χ0v) is 17.1. The minimum Gasteiger partial charge on any atom is -0.441 e. The van der Waals surface area contributed by atoms with E-state index in [-0.39, 0.29) is 11.9 Å². The number of hydrogen-bond acceptors (Lipinski definition) is 6. The number of nitrogens with one attached hydrogen (secondary N) is 1. The average Bonchev–Trinajstić information content (AvgIpc) is 3.37. The first-order valence-corrected chi connectivity index (χ1v) is 10.2. The highest BCUT2D eigenvalue weighted by molar-refractivity contribution is 5.81. The number of aryl methyl sites for hydroxylation is 1. The third-order valence-electron chi connectivity index (χ3n) is 6.11. The van der Waals surface area contributed by atoms with Crippen LogP contribution in [0.3, 0.4) is 0 Å². The van der Waals surface area contributed by atoms with E-state index >= 15 is 4.39 Å². The van der Waals surface area contributed by atoms with E-state index in [4.69, 9.17) is 10.5 Å². The fraction of sp³-hybridized carbons (Fsp3) is 0.318. The molecule has 160 valence electrons. The Kier molecular flexibility index (Phi) is 4.53. The molecule has 9 heteroatoms. The second-order valence-corrected chi connectivity index (χ2v) is 8.11. The Morgan fingerprint density at radius 1 is 1.13 bits per heavy atom. The lowest BCUT2D eigenvalue weighted by molar-refractivity contribution is 0.0366. The van der Waals surface area contributed by atoms with Crippen LogP contribution in [0, 0.1) is 5.82 Å². The highest BCUT2D eigenvalue weighted by atomic mass is 19.1. The van der Waals surface area contributed by atoms with Gasteiger partial charge >= 0.3 is 6.09 Å². The van der Waals surface area contributed by atoms with E-state index in [1.54, 1.807) is 17.1 Å². The summed E-state index contributed by atoms with van der Waals surface area (Å²) in [6, 6.07) is 7.87. The number of carbonyl (C=O) groups is 1. The molecule has 4 heterocycles. The minimum atomic E-state index is -0.522. The van der Waals surface area contributed by atoms with Crippen molar-refractivity contribution in [3.8, 4) is 22.3 Å². The maximum atomic E-state index is 15.2. The van der Waals surface area contributed by atoms with Crippen molar-refractivity contribution in [1.82, 2.24) is 20.1 Å². The van der Waals surface area contributed by atoms with E-state index < -0.39 is 11.4 Å². The Hall–Kier alpha value is -3.62. The molecule has 8 nitrogen and oxygen atoms in total.